The number of fused-ring (bicyclic) bond motifs is 2. The van der Waals surface area contributed by atoms with Crippen molar-refractivity contribution in [1.82, 2.24) is 4.90 Å². The third kappa shape index (κ3) is 12.3. The number of methoxy groups -OCH3 is 2. The highest BCUT2D eigenvalue weighted by Crippen LogP contribution is 2.62. The molecule has 4 N–H and O–H groups in total. The van der Waals surface area contributed by atoms with Gasteiger partial charge in [-0.15, -0.1) is 18.2 Å². The molecular weight excluding hydrogens is 878 g/mol. The number of aliphatic hydroxyl groups is 3. The second-order valence-corrected chi connectivity index (χ2v) is 17.0. The van der Waals surface area contributed by atoms with Crippen LogP contribution in [0.2, 0.25) is 0 Å². The van der Waals surface area contributed by atoms with E-state index >= 15 is 0 Å². The molecule has 2 fully saturated rings. The lowest BCUT2D eigenvalue weighted by molar-refractivity contribution is -0.256. The Kier molecular flexibility index (Phi) is 19.6. The van der Waals surface area contributed by atoms with Gasteiger partial charge in [-0.25, -0.2) is 9.59 Å². The Morgan fingerprint density at radius 1 is 0.985 bits per heavy atom. The zero-order valence-corrected chi connectivity index (χ0v) is 38.8. The van der Waals surface area contributed by atoms with Crippen LogP contribution < -0.4 is 24.3 Å². The van der Waals surface area contributed by atoms with Gasteiger partial charge < -0.3 is 58.1 Å². The maximum atomic E-state index is 14.3. The lowest BCUT2D eigenvalue weighted by atomic mass is 9.55. The molecule has 1 saturated heterocycles. The van der Waals surface area contributed by atoms with Crippen LogP contribution in [-0.4, -0.2) is 136 Å². The number of unbranched alkanes of at least 4 members (excludes halogenated alkanes) is 2. The van der Waals surface area contributed by atoms with Crippen LogP contribution in [0.15, 0.2) is 65.9 Å². The minimum absolute atomic E-state index is 0.0203. The highest BCUT2D eigenvalue weighted by atomic mass is 35.5. The number of nitrogens with one attached hydrogen (secondary N) is 1. The molecule has 0 radical (unpaired) electrons. The van der Waals surface area contributed by atoms with Crippen molar-refractivity contribution in [3.8, 4) is 23.0 Å². The molecule has 2 aromatic rings. The van der Waals surface area contributed by atoms with Crippen molar-refractivity contribution in [2.75, 3.05) is 84.8 Å². The number of oxime groups is 1. The fraction of sp³-hybridized carbons (Fsp3) is 0.604. The van der Waals surface area contributed by atoms with Gasteiger partial charge in [0.05, 0.1) is 70.5 Å². The highest BCUT2D eigenvalue weighted by molar-refractivity contribution is 6.18. The predicted octanol–water partition coefficient (Wildman–Crippen LogP) is 7.16. The number of rotatable bonds is 25. The van der Waals surface area contributed by atoms with E-state index in [9.17, 15) is 24.9 Å². The lowest BCUT2D eigenvalue weighted by Crippen LogP contribution is -2.70. The van der Waals surface area contributed by atoms with Crippen LogP contribution in [0.1, 0.15) is 75.7 Å². The molecule has 4 aliphatic rings. The first-order valence-corrected chi connectivity index (χ1v) is 23.5. The molecule has 0 aromatic heterocycles. The van der Waals surface area contributed by atoms with E-state index in [4.69, 9.17) is 59.5 Å². The quantitative estimate of drug-likeness (QED) is 0.0338. The zero-order chi connectivity index (χ0) is 46.9. The number of hydrogen-bond acceptors (Lipinski definition) is 15. The first-order valence-electron chi connectivity index (χ1n) is 23.0. The van der Waals surface area contributed by atoms with Crippen LogP contribution in [0.4, 0.5) is 15.3 Å². The van der Waals surface area contributed by atoms with Crippen molar-refractivity contribution < 1.29 is 67.6 Å². The van der Waals surface area contributed by atoms with E-state index in [-0.39, 0.29) is 82.7 Å². The maximum Gasteiger partial charge on any atom is 0.417 e. The molecule has 1 unspecified atom stereocenters. The van der Waals surface area contributed by atoms with E-state index in [0.29, 0.717) is 67.4 Å². The Balaban J connectivity index is 1.53. The first-order chi connectivity index (χ1) is 32.2. The van der Waals surface area contributed by atoms with Gasteiger partial charge in [-0.2, -0.15) is 0 Å². The second kappa shape index (κ2) is 25.5. The number of nitrogens with zero attached hydrogens (tertiary/aromatic N) is 2. The molecule has 66 heavy (non-hydrogen) atoms. The van der Waals surface area contributed by atoms with Crippen LogP contribution >= 0.6 is 11.6 Å². The Labute approximate surface area is 391 Å². The monoisotopic (exact) mass is 943 g/mol. The minimum atomic E-state index is -1.59. The second-order valence-electron chi connectivity index (χ2n) is 16.6. The number of halogens is 1. The number of benzene rings is 2. The normalized spacial score (nSPS) is 24.8. The van der Waals surface area contributed by atoms with E-state index in [0.717, 1.165) is 36.8 Å². The lowest BCUT2D eigenvalue weighted by Gasteiger charge is -2.59. The van der Waals surface area contributed by atoms with Crippen molar-refractivity contribution in [3.63, 3.8) is 0 Å². The van der Waals surface area contributed by atoms with Crippen molar-refractivity contribution in [1.29, 1.82) is 0 Å². The summed E-state index contributed by atoms with van der Waals surface area (Å²) < 4.78 is 48.4. The van der Waals surface area contributed by atoms with E-state index in [1.165, 1.54) is 19.1 Å². The number of allylic oxidation sites excluding steroid dienone is 1. The average molecular weight is 945 g/mol. The molecule has 6 rings (SSSR count). The van der Waals surface area contributed by atoms with Gasteiger partial charge in [0, 0.05) is 50.1 Å². The molecule has 18 heteroatoms. The number of alkyl halides is 1. The number of aliphatic hydroxyl groups excluding tert-OH is 3. The van der Waals surface area contributed by atoms with E-state index in [1.807, 2.05) is 6.07 Å². The number of hydrogen-bond donors (Lipinski definition) is 4. The van der Waals surface area contributed by atoms with E-state index in [1.54, 1.807) is 36.4 Å². The molecule has 2 aromatic carbocycles. The third-order valence-corrected chi connectivity index (χ3v) is 12.7. The predicted molar refractivity (Wildman–Crippen MR) is 246 cm³/mol. The Morgan fingerprint density at radius 3 is 2.50 bits per heavy atom. The van der Waals surface area contributed by atoms with Crippen molar-refractivity contribution in [3.05, 3.63) is 66.3 Å². The first kappa shape index (κ1) is 50.8. The van der Waals surface area contributed by atoms with Crippen molar-refractivity contribution in [2.45, 2.75) is 88.2 Å². The summed E-state index contributed by atoms with van der Waals surface area (Å²) in [5.41, 5.74) is 2.51. The molecular formula is C48H66ClN3O14. The van der Waals surface area contributed by atoms with Gasteiger partial charge in [0.2, 0.25) is 12.1 Å². The van der Waals surface area contributed by atoms with Crippen molar-refractivity contribution in [2.24, 2.45) is 22.9 Å². The van der Waals surface area contributed by atoms with Crippen LogP contribution in [-0.2, 0) is 23.8 Å². The van der Waals surface area contributed by atoms with Crippen molar-refractivity contribution >= 4 is 35.2 Å². The fourth-order valence-electron chi connectivity index (χ4n) is 9.69. The van der Waals surface area contributed by atoms with Gasteiger partial charge in [0.25, 0.3) is 0 Å². The zero-order valence-electron chi connectivity index (χ0n) is 38.0. The smallest absolute Gasteiger partial charge is 0.417 e. The van der Waals surface area contributed by atoms with E-state index in [2.05, 4.69) is 18.0 Å². The molecule has 364 valence electrons. The molecule has 17 nitrogen and oxygen atoms in total. The average Bonchev–Trinajstić information content (AvgIpc) is 3.33. The molecule has 0 bridgehead atoms. The van der Waals surface area contributed by atoms with Gasteiger partial charge in [0.1, 0.15) is 35.6 Å². The van der Waals surface area contributed by atoms with Gasteiger partial charge in [0.15, 0.2) is 0 Å². The molecule has 0 spiro atoms. The summed E-state index contributed by atoms with van der Waals surface area (Å²) in [6, 6.07) is 9.30. The molecule has 2 aliphatic carbocycles. The van der Waals surface area contributed by atoms with E-state index < -0.39 is 42.1 Å². The topological polar surface area (TPSA) is 206 Å². The van der Waals surface area contributed by atoms with Gasteiger partial charge >= 0.3 is 12.2 Å². The minimum Gasteiger partial charge on any atom is -0.497 e. The number of amides is 2. The summed E-state index contributed by atoms with van der Waals surface area (Å²) in [6.07, 6.45) is 8.53. The summed E-state index contributed by atoms with van der Waals surface area (Å²) in [6.45, 7) is 4.51. The highest BCUT2D eigenvalue weighted by Gasteiger charge is 2.65. The van der Waals surface area contributed by atoms with Crippen LogP contribution in [0, 0.1) is 17.8 Å². The molecule has 2 heterocycles. The number of carbonyl (C=O) groups is 2. The summed E-state index contributed by atoms with van der Waals surface area (Å²) in [5, 5.41) is 37.1. The van der Waals surface area contributed by atoms with Crippen LogP contribution in [0.3, 0.4) is 0 Å². The number of ether oxygens (including phenoxy) is 8. The molecule has 1 saturated carbocycles. The summed E-state index contributed by atoms with van der Waals surface area (Å²) in [5.74, 6) is -1.10. The maximum absolute atomic E-state index is 14.3. The molecule has 2 aliphatic heterocycles. The summed E-state index contributed by atoms with van der Waals surface area (Å²) in [4.78, 5) is 35.7. The number of carbonyl (C=O) groups excluding carboxylic acids is 2. The van der Waals surface area contributed by atoms with Crippen LogP contribution in [0.5, 0.6) is 23.0 Å². The Morgan fingerprint density at radius 2 is 1.79 bits per heavy atom. The number of anilines is 1. The molecule has 7 atom stereocenters. The van der Waals surface area contributed by atoms with Gasteiger partial charge in [-0.1, -0.05) is 30.1 Å². The third-order valence-electron chi connectivity index (χ3n) is 12.5. The Hall–Kier alpha value is -4.62. The van der Waals surface area contributed by atoms with Gasteiger partial charge in [-0.05, 0) is 86.3 Å². The van der Waals surface area contributed by atoms with Crippen LogP contribution in [0.25, 0.3) is 0 Å². The summed E-state index contributed by atoms with van der Waals surface area (Å²) >= 11 is 6.05. The largest absolute Gasteiger partial charge is 0.497 e. The fourth-order valence-corrected chi connectivity index (χ4v) is 9.76. The SMILES string of the molecule is C=CCO[C@@]12Oc3ccc(OC(=O)Nc4ccc(OC)cc4OC)cc3[C@H]3[C@H](CCCCO)[C@@H](CCCCO)C=C(C(=NOC4CCCCO4)C[C@@H]1N(CCOCCO)C(=O)OCCCl)[C@H]32. The summed E-state index contributed by atoms with van der Waals surface area (Å²) in [7, 11) is 3.03. The Bertz CT molecular complexity index is 1960. The van der Waals surface area contributed by atoms with Gasteiger partial charge in [-0.3, -0.25) is 10.2 Å². The standard InChI is InChI=1S/C48H66ClN3O14/c1-4-23-63-48-42(52(19-26-60-27-22-55)47(57)62-25-18-49)31-39(51-66-43-13-7-10-24-61-43)36-28-32(11-5-8-20-53)35(12-6-9-21-54)44(45(36)48)37-29-34(15-17-40(37)65-48)64-46(56)50-38-16-14-33(58-2)30-41(38)59-3/h4,14-17,28-30,32,35,42-45,53-55H,1,5-13,18-27,31H2,2-3H3,(H,50,56)/t32-,35+,42-,43?,44+,45+,48+/m0/s1. The molecule has 2 amide bonds.